The number of H-pyrrole nitrogens is 1. The van der Waals surface area contributed by atoms with Crippen LogP contribution in [0.25, 0.3) is 10.9 Å². The molecule has 140 valence electrons. The SMILES string of the molecule is CC(=O)Nc1ccc(Cc2ccc3[nH]c(O)c(C=NC4=NCC=C4)c3c2)cc1. The van der Waals surface area contributed by atoms with Crippen molar-refractivity contribution < 1.29 is 9.90 Å². The molecule has 3 aromatic rings. The number of fused-ring (bicyclic) bond motifs is 1. The summed E-state index contributed by atoms with van der Waals surface area (Å²) in [5, 5.41) is 13.9. The van der Waals surface area contributed by atoms with E-state index >= 15 is 0 Å². The Bertz CT molecular complexity index is 1120. The van der Waals surface area contributed by atoms with Crippen LogP contribution in [0.1, 0.15) is 23.6 Å². The maximum Gasteiger partial charge on any atom is 0.221 e. The van der Waals surface area contributed by atoms with Gasteiger partial charge in [-0.1, -0.05) is 24.3 Å². The van der Waals surface area contributed by atoms with E-state index in [9.17, 15) is 9.90 Å². The minimum atomic E-state index is -0.0845. The first-order chi connectivity index (χ1) is 13.6. The number of nitrogens with zero attached hydrogens (tertiary/aromatic N) is 2. The summed E-state index contributed by atoms with van der Waals surface area (Å²) in [6, 6.07) is 13.8. The van der Waals surface area contributed by atoms with Crippen LogP contribution in [0.15, 0.2) is 64.6 Å². The van der Waals surface area contributed by atoms with Crippen molar-refractivity contribution in [2.45, 2.75) is 13.3 Å². The molecule has 0 bridgehead atoms. The Morgan fingerprint density at radius 2 is 2.04 bits per heavy atom. The van der Waals surface area contributed by atoms with E-state index in [-0.39, 0.29) is 11.8 Å². The van der Waals surface area contributed by atoms with Crippen molar-refractivity contribution in [3.8, 4) is 5.88 Å². The van der Waals surface area contributed by atoms with Gasteiger partial charge in [0.05, 0.1) is 12.1 Å². The molecule has 0 aliphatic carbocycles. The van der Waals surface area contributed by atoms with Crippen molar-refractivity contribution in [2.24, 2.45) is 9.98 Å². The third-order valence-electron chi connectivity index (χ3n) is 4.52. The first-order valence-corrected chi connectivity index (χ1v) is 9.03. The van der Waals surface area contributed by atoms with Crippen LogP contribution >= 0.6 is 0 Å². The number of anilines is 1. The second kappa shape index (κ2) is 7.52. The zero-order valence-electron chi connectivity index (χ0n) is 15.4. The Labute approximate surface area is 162 Å². The summed E-state index contributed by atoms with van der Waals surface area (Å²) in [6.07, 6.45) is 6.19. The number of hydrogen-bond acceptors (Lipinski definition) is 4. The molecule has 0 atom stereocenters. The minimum Gasteiger partial charge on any atom is -0.494 e. The summed E-state index contributed by atoms with van der Waals surface area (Å²) in [5.74, 6) is 0.668. The third-order valence-corrected chi connectivity index (χ3v) is 4.52. The zero-order chi connectivity index (χ0) is 19.5. The molecule has 28 heavy (non-hydrogen) atoms. The van der Waals surface area contributed by atoms with E-state index in [1.165, 1.54) is 6.92 Å². The van der Waals surface area contributed by atoms with Gasteiger partial charge < -0.3 is 15.4 Å². The molecule has 1 aliphatic heterocycles. The Balaban J connectivity index is 1.59. The molecule has 6 nitrogen and oxygen atoms in total. The number of aromatic amines is 1. The standard InChI is InChI=1S/C22H20N4O2/c1-14(27)25-17-7-4-15(5-8-17)11-16-6-9-20-18(12-16)19(22(28)26-20)13-24-21-3-2-10-23-21/h2-9,12-13,26,28H,10-11H2,1H3,(H,25,27). The molecule has 2 heterocycles. The van der Waals surface area contributed by atoms with Crippen LogP contribution < -0.4 is 5.32 Å². The van der Waals surface area contributed by atoms with E-state index in [1.807, 2.05) is 48.6 Å². The fraction of sp³-hybridized carbons (Fsp3) is 0.136. The maximum absolute atomic E-state index is 11.1. The summed E-state index contributed by atoms with van der Waals surface area (Å²) in [6.45, 7) is 2.14. The third kappa shape index (κ3) is 3.86. The molecule has 1 aromatic heterocycles. The van der Waals surface area contributed by atoms with Gasteiger partial charge in [0.25, 0.3) is 0 Å². The van der Waals surface area contributed by atoms with Crippen LogP contribution in [0.5, 0.6) is 5.88 Å². The molecule has 0 unspecified atom stereocenters. The fourth-order valence-electron chi connectivity index (χ4n) is 3.20. The van der Waals surface area contributed by atoms with Crippen molar-refractivity contribution in [2.75, 3.05) is 11.9 Å². The molecule has 4 rings (SSSR count). The number of rotatable bonds is 4. The Morgan fingerprint density at radius 3 is 2.75 bits per heavy atom. The number of aromatic nitrogens is 1. The quantitative estimate of drug-likeness (QED) is 0.608. The van der Waals surface area contributed by atoms with Crippen molar-refractivity contribution >= 4 is 34.5 Å². The van der Waals surface area contributed by atoms with Gasteiger partial charge in [0, 0.05) is 29.7 Å². The highest BCUT2D eigenvalue weighted by atomic mass is 16.3. The highest BCUT2D eigenvalue weighted by Crippen LogP contribution is 2.27. The van der Waals surface area contributed by atoms with E-state index in [2.05, 4.69) is 26.4 Å². The Kier molecular flexibility index (Phi) is 4.76. The number of benzene rings is 2. The van der Waals surface area contributed by atoms with Gasteiger partial charge in [-0.05, 0) is 47.9 Å². The smallest absolute Gasteiger partial charge is 0.221 e. The minimum absolute atomic E-state index is 0.0845. The maximum atomic E-state index is 11.1. The molecule has 0 radical (unpaired) electrons. The van der Waals surface area contributed by atoms with Crippen LogP contribution in [0, 0.1) is 0 Å². The predicted molar refractivity (Wildman–Crippen MR) is 113 cm³/mol. The Hall–Kier alpha value is -3.67. The normalized spacial score (nSPS) is 13.4. The van der Waals surface area contributed by atoms with Crippen LogP contribution in [0.3, 0.4) is 0 Å². The molecule has 0 fully saturated rings. The lowest BCUT2D eigenvalue weighted by molar-refractivity contribution is -0.114. The van der Waals surface area contributed by atoms with Crippen LogP contribution in [-0.2, 0) is 11.2 Å². The summed E-state index contributed by atoms with van der Waals surface area (Å²) in [4.78, 5) is 22.7. The van der Waals surface area contributed by atoms with E-state index in [1.54, 1.807) is 6.21 Å². The molecule has 1 amide bonds. The van der Waals surface area contributed by atoms with Crippen molar-refractivity contribution in [3.63, 3.8) is 0 Å². The highest BCUT2D eigenvalue weighted by Gasteiger charge is 2.10. The zero-order valence-corrected chi connectivity index (χ0v) is 15.4. The lowest BCUT2D eigenvalue weighted by Gasteiger charge is -2.05. The molecule has 0 spiro atoms. The van der Waals surface area contributed by atoms with E-state index in [4.69, 9.17) is 0 Å². The number of aromatic hydroxyl groups is 1. The Morgan fingerprint density at radius 1 is 1.25 bits per heavy atom. The summed E-state index contributed by atoms with van der Waals surface area (Å²) < 4.78 is 0. The van der Waals surface area contributed by atoms with Crippen molar-refractivity contribution in [3.05, 3.63) is 71.3 Å². The average Bonchev–Trinajstić information content (AvgIpc) is 3.28. The second-order valence-electron chi connectivity index (χ2n) is 6.68. The summed E-state index contributed by atoms with van der Waals surface area (Å²) in [5.41, 5.74) is 4.54. The van der Waals surface area contributed by atoms with Gasteiger partial charge in [-0.15, -0.1) is 0 Å². The first kappa shape index (κ1) is 17.7. The number of amidine groups is 1. The fourth-order valence-corrected chi connectivity index (χ4v) is 3.20. The number of aliphatic imine (C=N–C) groups is 2. The van der Waals surface area contributed by atoms with E-state index in [0.717, 1.165) is 34.1 Å². The van der Waals surface area contributed by atoms with Crippen molar-refractivity contribution in [1.82, 2.24) is 4.98 Å². The van der Waals surface area contributed by atoms with Crippen LogP contribution in [0.2, 0.25) is 0 Å². The topological polar surface area (TPSA) is 89.8 Å². The highest BCUT2D eigenvalue weighted by molar-refractivity contribution is 6.08. The number of carbonyl (C=O) groups is 1. The van der Waals surface area contributed by atoms with E-state index < -0.39 is 0 Å². The number of nitrogens with one attached hydrogen (secondary N) is 2. The molecule has 2 aromatic carbocycles. The molecule has 3 N–H and O–H groups in total. The monoisotopic (exact) mass is 372 g/mol. The average molecular weight is 372 g/mol. The molecular weight excluding hydrogens is 352 g/mol. The lowest BCUT2D eigenvalue weighted by atomic mass is 10.0. The summed E-state index contributed by atoms with van der Waals surface area (Å²) in [7, 11) is 0. The molecule has 0 saturated carbocycles. The molecule has 0 saturated heterocycles. The number of amides is 1. The molecule has 1 aliphatic rings. The van der Waals surface area contributed by atoms with Gasteiger partial charge in [-0.3, -0.25) is 9.79 Å². The largest absolute Gasteiger partial charge is 0.494 e. The van der Waals surface area contributed by atoms with Gasteiger partial charge in [-0.25, -0.2) is 4.99 Å². The van der Waals surface area contributed by atoms with Crippen LogP contribution in [0.4, 0.5) is 5.69 Å². The van der Waals surface area contributed by atoms with Gasteiger partial charge in [0.1, 0.15) is 5.84 Å². The molecular formula is C22H20N4O2. The van der Waals surface area contributed by atoms with Gasteiger partial charge in [0.2, 0.25) is 5.91 Å². The number of hydrogen-bond donors (Lipinski definition) is 3. The van der Waals surface area contributed by atoms with Crippen LogP contribution in [-0.4, -0.2) is 34.6 Å². The predicted octanol–water partition coefficient (Wildman–Crippen LogP) is 3.81. The summed E-state index contributed by atoms with van der Waals surface area (Å²) >= 11 is 0. The van der Waals surface area contributed by atoms with E-state index in [0.29, 0.717) is 17.9 Å². The lowest BCUT2D eigenvalue weighted by Crippen LogP contribution is -2.05. The molecule has 6 heteroatoms. The van der Waals surface area contributed by atoms with Gasteiger partial charge in [-0.2, -0.15) is 0 Å². The van der Waals surface area contributed by atoms with Crippen molar-refractivity contribution in [1.29, 1.82) is 0 Å². The van der Waals surface area contributed by atoms with Gasteiger partial charge in [0.15, 0.2) is 5.88 Å². The number of carbonyl (C=O) groups excluding carboxylic acids is 1. The second-order valence-corrected chi connectivity index (χ2v) is 6.68. The first-order valence-electron chi connectivity index (χ1n) is 9.03. The van der Waals surface area contributed by atoms with Gasteiger partial charge >= 0.3 is 0 Å².